The van der Waals surface area contributed by atoms with Crippen molar-refractivity contribution in [2.75, 3.05) is 19.3 Å². The maximum Gasteiger partial charge on any atom is 0.231 e. The number of carbonyl (C=O) groups excluding carboxylic acids is 1. The quantitative estimate of drug-likeness (QED) is 0.504. The minimum atomic E-state index is -0.232. The number of hydrogen-bond acceptors (Lipinski definition) is 7. The summed E-state index contributed by atoms with van der Waals surface area (Å²) in [5.74, 6) is 0.0868. The number of likely N-dealkylation sites (N-methyl/N-ethyl adjacent to an activating group) is 1. The lowest BCUT2D eigenvalue weighted by Crippen LogP contribution is -2.21. The topological polar surface area (TPSA) is 116 Å². The number of likely N-dealkylation sites (tertiary alicyclic amines) is 1. The van der Waals surface area contributed by atoms with Crippen molar-refractivity contribution in [1.29, 1.82) is 0 Å². The van der Waals surface area contributed by atoms with Crippen LogP contribution in [0, 0.1) is 0 Å². The van der Waals surface area contributed by atoms with Crippen LogP contribution in [0.2, 0.25) is 0 Å². The predicted octanol–water partition coefficient (Wildman–Crippen LogP) is 0.594. The van der Waals surface area contributed by atoms with Gasteiger partial charge in [0.1, 0.15) is 5.52 Å². The first-order valence-corrected chi connectivity index (χ1v) is 9.47. The SMILES string of the molecule is [B]c1nc(N)c2nc(-c3cccc(-n4cc([C@H]5CCN(C)C5=O)nn4)c3)ccc2n1. The van der Waals surface area contributed by atoms with Gasteiger partial charge in [-0.3, -0.25) is 4.79 Å². The number of nitrogens with two attached hydrogens (primary N) is 1. The van der Waals surface area contributed by atoms with Crippen molar-refractivity contribution in [2.45, 2.75) is 12.3 Å². The van der Waals surface area contributed by atoms with Gasteiger partial charge in [-0.15, -0.1) is 5.10 Å². The molecule has 1 aromatic carbocycles. The summed E-state index contributed by atoms with van der Waals surface area (Å²) in [6, 6.07) is 11.4. The van der Waals surface area contributed by atoms with Crippen LogP contribution in [-0.4, -0.2) is 62.2 Å². The fourth-order valence-corrected chi connectivity index (χ4v) is 3.68. The minimum Gasteiger partial charge on any atom is -0.382 e. The van der Waals surface area contributed by atoms with Crippen molar-refractivity contribution >= 4 is 36.3 Å². The number of carbonyl (C=O) groups is 1. The normalized spacial score (nSPS) is 16.5. The number of aromatic nitrogens is 6. The van der Waals surface area contributed by atoms with Crippen LogP contribution in [0.1, 0.15) is 18.0 Å². The first kappa shape index (κ1) is 18.2. The maximum atomic E-state index is 12.3. The van der Waals surface area contributed by atoms with Gasteiger partial charge in [0.15, 0.2) is 13.7 Å². The fraction of sp³-hybridized carbons (Fsp3) is 0.200. The van der Waals surface area contributed by atoms with E-state index in [9.17, 15) is 4.79 Å². The summed E-state index contributed by atoms with van der Waals surface area (Å²) in [4.78, 5) is 26.7. The molecule has 0 spiro atoms. The maximum absolute atomic E-state index is 12.3. The molecule has 10 heteroatoms. The Morgan fingerprint density at radius 3 is 2.83 bits per heavy atom. The Kier molecular flexibility index (Phi) is 4.20. The molecule has 1 aliphatic rings. The average molecular weight is 396 g/mol. The highest BCUT2D eigenvalue weighted by Gasteiger charge is 2.32. The molecule has 9 nitrogen and oxygen atoms in total. The van der Waals surface area contributed by atoms with Gasteiger partial charge < -0.3 is 10.6 Å². The Balaban J connectivity index is 1.49. The van der Waals surface area contributed by atoms with Crippen molar-refractivity contribution in [3.63, 3.8) is 0 Å². The van der Waals surface area contributed by atoms with Gasteiger partial charge in [-0.25, -0.2) is 19.6 Å². The largest absolute Gasteiger partial charge is 0.382 e. The van der Waals surface area contributed by atoms with Gasteiger partial charge in [0.25, 0.3) is 0 Å². The molecule has 4 aromatic rings. The Labute approximate surface area is 173 Å². The molecular formula is C20H17BN8O. The van der Waals surface area contributed by atoms with E-state index in [1.165, 1.54) is 0 Å². The predicted molar refractivity (Wildman–Crippen MR) is 112 cm³/mol. The van der Waals surface area contributed by atoms with E-state index in [0.29, 0.717) is 16.7 Å². The highest BCUT2D eigenvalue weighted by molar-refractivity contribution is 6.29. The van der Waals surface area contributed by atoms with Crippen molar-refractivity contribution in [1.82, 2.24) is 34.8 Å². The van der Waals surface area contributed by atoms with Gasteiger partial charge >= 0.3 is 0 Å². The van der Waals surface area contributed by atoms with Crippen molar-refractivity contribution in [3.05, 3.63) is 48.3 Å². The standard InChI is InChI=1S/C20H17BN8O/c1-28-8-7-13(19(28)30)16-10-29(27-26-16)12-4-2-3-11(9-12)14-5-6-15-17(23-14)18(22)25-20(21)24-15/h2-6,9-10,13H,7-8H2,1H3,(H2,22,24,25)/t13-/m1/s1. The van der Waals surface area contributed by atoms with Crippen LogP contribution >= 0.6 is 0 Å². The van der Waals surface area contributed by atoms with Crippen LogP contribution < -0.4 is 11.5 Å². The minimum absolute atomic E-state index is 0.0802. The molecule has 0 aliphatic carbocycles. The molecule has 1 amide bonds. The number of benzene rings is 1. The summed E-state index contributed by atoms with van der Waals surface area (Å²) in [5, 5.41) is 8.45. The molecule has 0 saturated carbocycles. The molecule has 30 heavy (non-hydrogen) atoms. The van der Waals surface area contributed by atoms with E-state index in [0.717, 1.165) is 29.9 Å². The summed E-state index contributed by atoms with van der Waals surface area (Å²) < 4.78 is 1.67. The molecule has 2 N–H and O–H groups in total. The summed E-state index contributed by atoms with van der Waals surface area (Å²) in [7, 11) is 7.46. The Morgan fingerprint density at radius 2 is 2.03 bits per heavy atom. The van der Waals surface area contributed by atoms with E-state index in [1.807, 2.05) is 42.6 Å². The number of hydrogen-bond donors (Lipinski definition) is 1. The van der Waals surface area contributed by atoms with Gasteiger partial charge in [-0.05, 0) is 30.7 Å². The molecular weight excluding hydrogens is 379 g/mol. The third kappa shape index (κ3) is 3.06. The summed E-state index contributed by atoms with van der Waals surface area (Å²) in [5.41, 5.74) is 10.3. The van der Waals surface area contributed by atoms with Gasteiger partial charge in [-0.2, -0.15) is 0 Å². The Hall–Kier alpha value is -3.82. The third-order valence-electron chi connectivity index (χ3n) is 5.29. The molecule has 1 atom stereocenters. The summed E-state index contributed by atoms with van der Waals surface area (Å²) >= 11 is 0. The molecule has 3 aromatic heterocycles. The number of rotatable bonds is 3. The second-order valence-corrected chi connectivity index (χ2v) is 7.27. The van der Waals surface area contributed by atoms with Crippen LogP contribution in [0.3, 0.4) is 0 Å². The number of nitrogens with zero attached hydrogens (tertiary/aromatic N) is 7. The van der Waals surface area contributed by atoms with Gasteiger partial charge in [0.05, 0.1) is 40.4 Å². The van der Waals surface area contributed by atoms with Crippen LogP contribution in [0.5, 0.6) is 0 Å². The molecule has 1 fully saturated rings. The zero-order valence-electron chi connectivity index (χ0n) is 16.2. The fourth-order valence-electron chi connectivity index (χ4n) is 3.68. The van der Waals surface area contributed by atoms with Crippen molar-refractivity contribution < 1.29 is 4.79 Å². The number of anilines is 1. The van der Waals surface area contributed by atoms with E-state index in [-0.39, 0.29) is 23.4 Å². The van der Waals surface area contributed by atoms with Crippen molar-refractivity contribution in [3.8, 4) is 16.9 Å². The molecule has 146 valence electrons. The van der Waals surface area contributed by atoms with Crippen LogP contribution in [-0.2, 0) is 4.79 Å². The van der Waals surface area contributed by atoms with Gasteiger partial charge in [-0.1, -0.05) is 17.3 Å². The molecule has 0 unspecified atom stereocenters. The Bertz CT molecular complexity index is 1290. The number of fused-ring (bicyclic) bond motifs is 1. The molecule has 1 aliphatic heterocycles. The lowest BCUT2D eigenvalue weighted by atomic mass is 10.1. The molecule has 4 heterocycles. The van der Waals surface area contributed by atoms with Gasteiger partial charge in [0.2, 0.25) is 5.91 Å². The van der Waals surface area contributed by atoms with Gasteiger partial charge in [0, 0.05) is 19.2 Å². The molecule has 1 saturated heterocycles. The van der Waals surface area contributed by atoms with E-state index in [4.69, 9.17) is 13.6 Å². The third-order valence-corrected chi connectivity index (χ3v) is 5.29. The van der Waals surface area contributed by atoms with E-state index in [1.54, 1.807) is 16.6 Å². The summed E-state index contributed by atoms with van der Waals surface area (Å²) in [6.07, 6.45) is 2.56. The number of amides is 1. The van der Waals surface area contributed by atoms with Crippen LogP contribution in [0.4, 0.5) is 5.82 Å². The second-order valence-electron chi connectivity index (χ2n) is 7.27. The van der Waals surface area contributed by atoms with E-state index >= 15 is 0 Å². The van der Waals surface area contributed by atoms with Crippen LogP contribution in [0.25, 0.3) is 28.0 Å². The number of pyridine rings is 1. The second kappa shape index (κ2) is 6.91. The number of nitrogen functional groups attached to an aromatic ring is 1. The molecule has 5 rings (SSSR count). The average Bonchev–Trinajstić information content (AvgIpc) is 3.35. The lowest BCUT2D eigenvalue weighted by molar-refractivity contribution is -0.127. The van der Waals surface area contributed by atoms with Crippen LogP contribution in [0.15, 0.2) is 42.6 Å². The zero-order valence-corrected chi connectivity index (χ0v) is 16.2. The lowest BCUT2D eigenvalue weighted by Gasteiger charge is -2.08. The Morgan fingerprint density at radius 1 is 1.17 bits per heavy atom. The summed E-state index contributed by atoms with van der Waals surface area (Å²) in [6.45, 7) is 0.734. The monoisotopic (exact) mass is 396 g/mol. The van der Waals surface area contributed by atoms with E-state index in [2.05, 4.69) is 25.3 Å². The highest BCUT2D eigenvalue weighted by atomic mass is 16.2. The molecule has 0 bridgehead atoms. The van der Waals surface area contributed by atoms with Crippen molar-refractivity contribution in [2.24, 2.45) is 0 Å². The molecule has 2 radical (unpaired) electrons. The first-order chi connectivity index (χ1) is 14.5. The van der Waals surface area contributed by atoms with E-state index < -0.39 is 0 Å². The zero-order chi connectivity index (χ0) is 20.8. The first-order valence-electron chi connectivity index (χ1n) is 9.47. The highest BCUT2D eigenvalue weighted by Crippen LogP contribution is 2.27. The smallest absolute Gasteiger partial charge is 0.231 e.